The predicted molar refractivity (Wildman–Crippen MR) is 9.41 cm³/mol. The van der Waals surface area contributed by atoms with Crippen molar-refractivity contribution in [1.82, 2.24) is 0 Å². The Morgan fingerprint density at radius 2 is 1.75 bits per heavy atom. The van der Waals surface area contributed by atoms with E-state index in [-0.39, 0.29) is 5.48 Å². The van der Waals surface area contributed by atoms with Crippen molar-refractivity contribution in [1.29, 1.82) is 0 Å². The fourth-order valence-electron chi connectivity index (χ4n) is 0. The molecule has 0 fully saturated rings. The van der Waals surface area contributed by atoms with E-state index >= 15 is 0 Å². The van der Waals surface area contributed by atoms with Crippen molar-refractivity contribution < 1.29 is 24.0 Å². The first-order valence-corrected chi connectivity index (χ1v) is 1.12. The molecule has 27 valence electrons. The molecule has 0 aliphatic heterocycles. The van der Waals surface area contributed by atoms with Gasteiger partial charge in [-0.1, -0.05) is 0 Å². The van der Waals surface area contributed by atoms with Crippen LogP contribution in [0.15, 0.2) is 3.92 Å². The minimum absolute atomic E-state index is 0. The zero-order valence-corrected chi connectivity index (χ0v) is 3.45. The molecule has 2 N–H and O–H groups in total. The van der Waals surface area contributed by atoms with Gasteiger partial charge in [0.15, 0.2) is 0 Å². The first kappa shape index (κ1) is 8.89. The average molecular weight is 149 g/mol. The van der Waals surface area contributed by atoms with Crippen LogP contribution in [0.1, 0.15) is 0 Å². The molecule has 0 aromatic heterocycles. The first-order chi connectivity index (χ1) is 1.41. The molecule has 0 spiro atoms. The van der Waals surface area contributed by atoms with Crippen LogP contribution in [0, 0.1) is 4.91 Å². The van der Waals surface area contributed by atoms with Gasteiger partial charge in [0.2, 0.25) is 0 Å². The summed E-state index contributed by atoms with van der Waals surface area (Å²) in [6, 6.07) is 0. The van der Waals surface area contributed by atoms with E-state index in [1.807, 2.05) is 0 Å². The van der Waals surface area contributed by atoms with Crippen LogP contribution >= 0.6 is 0 Å². The Balaban J connectivity index is 0. The van der Waals surface area contributed by atoms with Crippen molar-refractivity contribution in [3.05, 3.63) is 4.91 Å². The number of hydrogen-bond acceptors (Lipinski definition) is 2. The van der Waals surface area contributed by atoms with Crippen LogP contribution in [-0.2, 0) is 18.5 Å². The van der Waals surface area contributed by atoms with Gasteiger partial charge in [-0.25, -0.2) is 0 Å². The van der Waals surface area contributed by atoms with Crippen LogP contribution in [-0.4, -0.2) is 5.48 Å². The van der Waals surface area contributed by atoms with E-state index < -0.39 is 0 Å². The molecule has 0 atom stereocenters. The molecule has 0 unspecified atom stereocenters. The summed E-state index contributed by atoms with van der Waals surface area (Å²) in [6.45, 7) is 0. The second-order valence-corrected chi connectivity index (χ2v) is 0.382. The van der Waals surface area contributed by atoms with Crippen LogP contribution in [0.25, 0.3) is 0 Å². The van der Waals surface area contributed by atoms with Crippen molar-refractivity contribution in [3.63, 3.8) is 0 Å². The third kappa shape index (κ3) is 90.9. The zero-order chi connectivity index (χ0) is 2.71. The van der Waals surface area contributed by atoms with Crippen LogP contribution < -0.4 is 0 Å². The molecular weight excluding hydrogens is 147 g/mol. The number of hydrogen-bond donors (Lipinski definition) is 0. The Labute approximate surface area is 33.6 Å². The summed E-state index contributed by atoms with van der Waals surface area (Å²) in [5.74, 6) is 0. The normalized spacial score (nSPS) is 3.25. The van der Waals surface area contributed by atoms with E-state index in [0.717, 1.165) is 0 Å². The van der Waals surface area contributed by atoms with Crippen molar-refractivity contribution in [2.24, 2.45) is 3.92 Å². The van der Waals surface area contributed by atoms with E-state index in [4.69, 9.17) is 4.91 Å². The molecule has 0 aliphatic rings. The molecule has 3 nitrogen and oxygen atoms in total. The van der Waals surface area contributed by atoms with Gasteiger partial charge in [-0.15, -0.1) is 0 Å². The monoisotopic (exact) mass is 150 g/mol. The molecule has 0 saturated carbocycles. The van der Waals surface area contributed by atoms with Crippen LogP contribution in [0.3, 0.4) is 0 Å². The second-order valence-electron chi connectivity index (χ2n) is 0.0645. The van der Waals surface area contributed by atoms with Crippen molar-refractivity contribution >= 4 is 0 Å². The summed E-state index contributed by atoms with van der Waals surface area (Å²) >= 11 is 1.58. The van der Waals surface area contributed by atoms with E-state index in [1.54, 1.807) is 18.5 Å². The molecule has 0 aromatic carbocycles. The Morgan fingerprint density at radius 1 is 1.75 bits per heavy atom. The SMILES string of the molecule is O.O=[N][Ru]. The van der Waals surface area contributed by atoms with Gasteiger partial charge < -0.3 is 5.48 Å². The molecule has 0 heterocycles. The zero-order valence-electron chi connectivity index (χ0n) is 1.71. The Hall–Kier alpha value is 0.183. The molecule has 0 aromatic rings. The molecule has 0 radical (unpaired) electrons. The summed E-state index contributed by atoms with van der Waals surface area (Å²) in [5, 5.41) is 0. The van der Waals surface area contributed by atoms with Gasteiger partial charge in [0.25, 0.3) is 0 Å². The summed E-state index contributed by atoms with van der Waals surface area (Å²) in [4.78, 5) is 8.52. The molecular formula is H2NO2Ru. The van der Waals surface area contributed by atoms with Crippen LogP contribution in [0.4, 0.5) is 0 Å². The molecule has 4 heavy (non-hydrogen) atoms. The Kier molecular flexibility index (Phi) is 24.1. The van der Waals surface area contributed by atoms with Gasteiger partial charge in [-0.05, 0) is 0 Å². The van der Waals surface area contributed by atoms with Gasteiger partial charge in [0.05, 0.1) is 0 Å². The van der Waals surface area contributed by atoms with Gasteiger partial charge in [0.1, 0.15) is 0 Å². The summed E-state index contributed by atoms with van der Waals surface area (Å²) in [6.07, 6.45) is 0. The summed E-state index contributed by atoms with van der Waals surface area (Å²) in [5.41, 5.74) is 0. The quantitative estimate of drug-likeness (QED) is 0.334. The Bertz CT molecular complexity index is 13.5. The van der Waals surface area contributed by atoms with Crippen LogP contribution in [0.2, 0.25) is 0 Å². The molecule has 0 saturated heterocycles. The summed E-state index contributed by atoms with van der Waals surface area (Å²) < 4.78 is 2.18. The summed E-state index contributed by atoms with van der Waals surface area (Å²) in [7, 11) is 0. The van der Waals surface area contributed by atoms with Gasteiger partial charge in [0, 0.05) is 0 Å². The van der Waals surface area contributed by atoms with Crippen molar-refractivity contribution in [2.75, 3.05) is 0 Å². The fraction of sp³-hybridized carbons (Fsp3) is 0. The number of rotatable bonds is 0. The predicted octanol–water partition coefficient (Wildman–Crippen LogP) is -0.610. The van der Waals surface area contributed by atoms with Gasteiger partial charge >= 0.3 is 27.4 Å². The van der Waals surface area contributed by atoms with Crippen molar-refractivity contribution in [2.45, 2.75) is 0 Å². The molecule has 0 amide bonds. The molecule has 0 rings (SSSR count). The average Bonchev–Trinajstić information content (AvgIpc) is 0.918. The van der Waals surface area contributed by atoms with Gasteiger partial charge in [-0.3, -0.25) is 0 Å². The van der Waals surface area contributed by atoms with E-state index in [9.17, 15) is 0 Å². The van der Waals surface area contributed by atoms with Crippen molar-refractivity contribution in [3.8, 4) is 0 Å². The number of nitrogens with zero attached hydrogens (tertiary/aromatic N) is 1. The molecule has 0 bridgehead atoms. The Morgan fingerprint density at radius 3 is 1.75 bits per heavy atom. The van der Waals surface area contributed by atoms with E-state index in [2.05, 4.69) is 3.92 Å². The van der Waals surface area contributed by atoms with Crippen LogP contribution in [0.5, 0.6) is 0 Å². The number of nitroso groups, excluding NO2 is 1. The first-order valence-electron chi connectivity index (χ1n) is 0.341. The van der Waals surface area contributed by atoms with E-state index in [1.165, 1.54) is 0 Å². The third-order valence-corrected chi connectivity index (χ3v) is 0. The molecule has 4 heteroatoms. The maximum atomic E-state index is 8.52. The second kappa shape index (κ2) is 10.8. The fourth-order valence-corrected chi connectivity index (χ4v) is 0. The topological polar surface area (TPSA) is 60.9 Å². The van der Waals surface area contributed by atoms with E-state index in [0.29, 0.717) is 0 Å². The maximum absolute atomic E-state index is 8.52. The third-order valence-electron chi connectivity index (χ3n) is 0. The molecule has 0 aliphatic carbocycles. The minimum atomic E-state index is 0. The standard InChI is InChI=1S/NO.H2O.Ru/c1-2;;/h;1H2;/q-1;;+1. The van der Waals surface area contributed by atoms with Gasteiger partial charge in [-0.2, -0.15) is 0 Å².